The number of nitrogens with one attached hydrogen (secondary N) is 1. The maximum Gasteiger partial charge on any atom is 0.0950 e. The maximum atomic E-state index is 4.45. The Hall–Kier alpha value is -0.830. The highest BCUT2D eigenvalue weighted by Gasteiger charge is 2.27. The first-order valence-electron chi connectivity index (χ1n) is 7.58. The van der Waals surface area contributed by atoms with Crippen LogP contribution in [0.2, 0.25) is 0 Å². The fraction of sp³-hybridized carbons (Fsp3) is 0.800. The minimum Gasteiger partial charge on any atom is -0.331 e. The van der Waals surface area contributed by atoms with Crippen molar-refractivity contribution in [1.82, 2.24) is 14.9 Å². The Morgan fingerprint density at radius 2 is 1.94 bits per heavy atom. The molecule has 18 heavy (non-hydrogen) atoms. The maximum absolute atomic E-state index is 4.45. The van der Waals surface area contributed by atoms with Crippen molar-refractivity contribution in [2.75, 3.05) is 13.1 Å². The number of rotatable bonds is 2. The first-order chi connectivity index (χ1) is 8.86. The van der Waals surface area contributed by atoms with Gasteiger partial charge in [-0.25, -0.2) is 4.98 Å². The van der Waals surface area contributed by atoms with E-state index in [-0.39, 0.29) is 0 Å². The van der Waals surface area contributed by atoms with E-state index in [1.807, 2.05) is 0 Å². The van der Waals surface area contributed by atoms with E-state index in [2.05, 4.69) is 34.3 Å². The SMILES string of the molecule is CC1CCCCC1n1cncc1C1CCNCC1. The number of piperidine rings is 1. The summed E-state index contributed by atoms with van der Waals surface area (Å²) >= 11 is 0. The number of nitrogens with zero attached hydrogens (tertiary/aromatic N) is 2. The van der Waals surface area contributed by atoms with E-state index < -0.39 is 0 Å². The van der Waals surface area contributed by atoms with E-state index in [0.29, 0.717) is 6.04 Å². The molecule has 1 aliphatic heterocycles. The van der Waals surface area contributed by atoms with Crippen LogP contribution < -0.4 is 5.32 Å². The average molecular weight is 247 g/mol. The molecule has 0 amide bonds. The molecule has 3 heteroatoms. The molecule has 1 saturated heterocycles. The third-order valence-electron chi connectivity index (χ3n) is 4.88. The monoisotopic (exact) mass is 247 g/mol. The minimum atomic E-state index is 0.700. The highest BCUT2D eigenvalue weighted by molar-refractivity contribution is 5.09. The van der Waals surface area contributed by atoms with Crippen LogP contribution in [0.5, 0.6) is 0 Å². The van der Waals surface area contributed by atoms with Gasteiger partial charge in [0.05, 0.1) is 6.33 Å². The number of hydrogen-bond acceptors (Lipinski definition) is 2. The summed E-state index contributed by atoms with van der Waals surface area (Å²) in [6.07, 6.45) is 12.3. The third kappa shape index (κ3) is 2.33. The predicted octanol–water partition coefficient (Wildman–Crippen LogP) is 3.10. The minimum absolute atomic E-state index is 0.700. The second kappa shape index (κ2) is 5.43. The van der Waals surface area contributed by atoms with Gasteiger partial charge in [-0.1, -0.05) is 19.8 Å². The zero-order valence-electron chi connectivity index (χ0n) is 11.4. The quantitative estimate of drug-likeness (QED) is 0.870. The summed E-state index contributed by atoms with van der Waals surface area (Å²) in [6, 6.07) is 0.700. The Balaban J connectivity index is 1.81. The molecule has 3 rings (SSSR count). The van der Waals surface area contributed by atoms with Crippen molar-refractivity contribution in [1.29, 1.82) is 0 Å². The number of aromatic nitrogens is 2. The van der Waals surface area contributed by atoms with Gasteiger partial charge in [0.2, 0.25) is 0 Å². The Kier molecular flexibility index (Phi) is 3.69. The molecule has 2 heterocycles. The standard InChI is InChI=1S/C15H25N3/c1-12-4-2-3-5-14(12)18-11-17-10-15(18)13-6-8-16-9-7-13/h10-14,16H,2-9H2,1H3. The summed E-state index contributed by atoms with van der Waals surface area (Å²) in [4.78, 5) is 4.45. The highest BCUT2D eigenvalue weighted by Crippen LogP contribution is 2.36. The second-order valence-corrected chi connectivity index (χ2v) is 6.08. The topological polar surface area (TPSA) is 29.9 Å². The first-order valence-corrected chi connectivity index (χ1v) is 7.58. The Morgan fingerprint density at radius 1 is 1.17 bits per heavy atom. The van der Waals surface area contributed by atoms with Crippen molar-refractivity contribution in [3.05, 3.63) is 18.2 Å². The molecule has 2 aliphatic rings. The van der Waals surface area contributed by atoms with Crippen LogP contribution in [0.4, 0.5) is 0 Å². The average Bonchev–Trinajstić information content (AvgIpc) is 2.89. The molecule has 100 valence electrons. The van der Waals surface area contributed by atoms with Crippen LogP contribution >= 0.6 is 0 Å². The van der Waals surface area contributed by atoms with Gasteiger partial charge in [0, 0.05) is 23.9 Å². The van der Waals surface area contributed by atoms with Crippen molar-refractivity contribution in [2.24, 2.45) is 5.92 Å². The molecule has 0 aromatic carbocycles. The summed E-state index contributed by atoms with van der Waals surface area (Å²) in [6.45, 7) is 4.74. The lowest BCUT2D eigenvalue weighted by atomic mass is 9.85. The van der Waals surface area contributed by atoms with E-state index in [0.717, 1.165) is 24.9 Å². The highest BCUT2D eigenvalue weighted by atomic mass is 15.1. The summed E-state index contributed by atoms with van der Waals surface area (Å²) in [5.74, 6) is 1.54. The number of hydrogen-bond donors (Lipinski definition) is 1. The number of imidazole rings is 1. The summed E-state index contributed by atoms with van der Waals surface area (Å²) in [5.41, 5.74) is 1.50. The van der Waals surface area contributed by atoms with E-state index in [1.165, 1.54) is 44.2 Å². The molecule has 1 saturated carbocycles. The zero-order valence-corrected chi connectivity index (χ0v) is 11.4. The van der Waals surface area contributed by atoms with E-state index in [4.69, 9.17) is 0 Å². The second-order valence-electron chi connectivity index (χ2n) is 6.08. The lowest BCUT2D eigenvalue weighted by molar-refractivity contribution is 0.248. The molecule has 0 radical (unpaired) electrons. The molecule has 1 aromatic rings. The molecule has 1 N–H and O–H groups in total. The molecule has 0 spiro atoms. The lowest BCUT2D eigenvalue weighted by Gasteiger charge is -2.33. The van der Waals surface area contributed by atoms with Crippen LogP contribution in [0.3, 0.4) is 0 Å². The lowest BCUT2D eigenvalue weighted by Crippen LogP contribution is -2.29. The van der Waals surface area contributed by atoms with E-state index in [1.54, 1.807) is 0 Å². The van der Waals surface area contributed by atoms with Gasteiger partial charge in [-0.2, -0.15) is 0 Å². The Morgan fingerprint density at radius 3 is 2.72 bits per heavy atom. The molecule has 0 bridgehead atoms. The van der Waals surface area contributed by atoms with E-state index in [9.17, 15) is 0 Å². The van der Waals surface area contributed by atoms with Crippen LogP contribution in [0, 0.1) is 5.92 Å². The molecule has 1 aliphatic carbocycles. The van der Waals surface area contributed by atoms with Gasteiger partial charge >= 0.3 is 0 Å². The summed E-state index contributed by atoms with van der Waals surface area (Å²) < 4.78 is 2.51. The molecule has 2 atom stereocenters. The van der Waals surface area contributed by atoms with Gasteiger partial charge in [0.25, 0.3) is 0 Å². The molecular weight excluding hydrogens is 222 g/mol. The van der Waals surface area contributed by atoms with Gasteiger partial charge in [-0.05, 0) is 44.7 Å². The van der Waals surface area contributed by atoms with Gasteiger partial charge in [-0.15, -0.1) is 0 Å². The molecule has 2 fully saturated rings. The molecular formula is C15H25N3. The van der Waals surface area contributed by atoms with Gasteiger partial charge < -0.3 is 9.88 Å². The zero-order chi connectivity index (χ0) is 12.4. The fourth-order valence-corrected chi connectivity index (χ4v) is 3.74. The van der Waals surface area contributed by atoms with Crippen LogP contribution in [0.25, 0.3) is 0 Å². The van der Waals surface area contributed by atoms with Crippen LogP contribution in [-0.4, -0.2) is 22.6 Å². The summed E-state index contributed by atoms with van der Waals surface area (Å²) in [5, 5.41) is 3.45. The fourth-order valence-electron chi connectivity index (χ4n) is 3.74. The smallest absolute Gasteiger partial charge is 0.0950 e. The van der Waals surface area contributed by atoms with Gasteiger partial charge in [0.1, 0.15) is 0 Å². The van der Waals surface area contributed by atoms with Crippen molar-refractivity contribution in [3.8, 4) is 0 Å². The van der Waals surface area contributed by atoms with Gasteiger partial charge in [0.15, 0.2) is 0 Å². The van der Waals surface area contributed by atoms with Gasteiger partial charge in [-0.3, -0.25) is 0 Å². The Labute approximate surface area is 110 Å². The summed E-state index contributed by atoms with van der Waals surface area (Å²) in [7, 11) is 0. The van der Waals surface area contributed by atoms with Crippen molar-refractivity contribution in [3.63, 3.8) is 0 Å². The predicted molar refractivity (Wildman–Crippen MR) is 73.7 cm³/mol. The van der Waals surface area contributed by atoms with E-state index >= 15 is 0 Å². The van der Waals surface area contributed by atoms with Crippen molar-refractivity contribution in [2.45, 2.75) is 57.4 Å². The molecule has 3 nitrogen and oxygen atoms in total. The molecule has 1 aromatic heterocycles. The molecule has 2 unspecified atom stereocenters. The third-order valence-corrected chi connectivity index (χ3v) is 4.88. The van der Waals surface area contributed by atoms with Crippen LogP contribution in [-0.2, 0) is 0 Å². The van der Waals surface area contributed by atoms with Crippen molar-refractivity contribution < 1.29 is 0 Å². The normalized spacial score (nSPS) is 30.5. The van der Waals surface area contributed by atoms with Crippen molar-refractivity contribution >= 4 is 0 Å². The Bertz CT molecular complexity index is 379. The van der Waals surface area contributed by atoms with Crippen LogP contribution in [0.15, 0.2) is 12.5 Å². The first kappa shape index (κ1) is 12.2. The van der Waals surface area contributed by atoms with Crippen LogP contribution in [0.1, 0.15) is 63.1 Å². The largest absolute Gasteiger partial charge is 0.331 e.